The summed E-state index contributed by atoms with van der Waals surface area (Å²) < 4.78 is 5.25. The van der Waals surface area contributed by atoms with Crippen LogP contribution in [0.2, 0.25) is 0 Å². The molecule has 0 saturated heterocycles. The number of nitrogens with one attached hydrogen (secondary N) is 1. The Morgan fingerprint density at radius 3 is 2.27 bits per heavy atom. The van der Waals surface area contributed by atoms with E-state index in [0.29, 0.717) is 5.92 Å². The standard InChI is InChI=1S/C18H27NO3/c1-13(2)12-14-6-8-15(9-7-14)16(10-11-20)19-17(21)22-18(3,4)5/h6-9,11,13,16H,10,12H2,1-5H3,(H,19,21)/t16-/m0/s1. The van der Waals surface area contributed by atoms with Crippen molar-refractivity contribution in [1.29, 1.82) is 0 Å². The Kier molecular flexibility index (Phi) is 6.60. The van der Waals surface area contributed by atoms with Gasteiger partial charge >= 0.3 is 6.09 Å². The van der Waals surface area contributed by atoms with Crippen molar-refractivity contribution in [3.8, 4) is 0 Å². The molecule has 1 amide bonds. The summed E-state index contributed by atoms with van der Waals surface area (Å²) in [6, 6.07) is 7.65. The van der Waals surface area contributed by atoms with Crippen LogP contribution in [0.5, 0.6) is 0 Å². The molecule has 0 aliphatic carbocycles. The zero-order valence-corrected chi connectivity index (χ0v) is 14.2. The number of carbonyl (C=O) groups excluding carboxylic acids is 2. The molecule has 22 heavy (non-hydrogen) atoms. The molecule has 0 unspecified atom stereocenters. The van der Waals surface area contributed by atoms with Crippen LogP contribution in [0.3, 0.4) is 0 Å². The fourth-order valence-corrected chi connectivity index (χ4v) is 2.18. The van der Waals surface area contributed by atoms with Crippen molar-refractivity contribution < 1.29 is 14.3 Å². The van der Waals surface area contributed by atoms with Crippen LogP contribution >= 0.6 is 0 Å². The van der Waals surface area contributed by atoms with E-state index in [1.54, 1.807) is 0 Å². The SMILES string of the molecule is CC(C)Cc1ccc([C@H](CC=O)NC(=O)OC(C)(C)C)cc1. The van der Waals surface area contributed by atoms with Gasteiger partial charge < -0.3 is 14.8 Å². The van der Waals surface area contributed by atoms with Gasteiger partial charge in [0.05, 0.1) is 6.04 Å². The molecule has 1 atom stereocenters. The number of rotatable bonds is 6. The highest BCUT2D eigenvalue weighted by Crippen LogP contribution is 2.19. The molecule has 122 valence electrons. The minimum atomic E-state index is -0.559. The van der Waals surface area contributed by atoms with E-state index in [4.69, 9.17) is 4.74 Å². The summed E-state index contributed by atoms with van der Waals surface area (Å²) in [6.07, 6.45) is 1.54. The summed E-state index contributed by atoms with van der Waals surface area (Å²) in [4.78, 5) is 22.8. The largest absolute Gasteiger partial charge is 0.444 e. The highest BCUT2D eigenvalue weighted by atomic mass is 16.6. The van der Waals surface area contributed by atoms with E-state index >= 15 is 0 Å². The summed E-state index contributed by atoms with van der Waals surface area (Å²) in [5.41, 5.74) is 1.60. The molecule has 0 aromatic heterocycles. The minimum absolute atomic E-state index is 0.225. The summed E-state index contributed by atoms with van der Waals surface area (Å²) >= 11 is 0. The number of aldehydes is 1. The topological polar surface area (TPSA) is 55.4 Å². The molecule has 0 heterocycles. The van der Waals surface area contributed by atoms with Crippen LogP contribution in [0.25, 0.3) is 0 Å². The maximum Gasteiger partial charge on any atom is 0.408 e. The average molecular weight is 305 g/mol. The second-order valence-corrected chi connectivity index (χ2v) is 6.94. The molecular formula is C18H27NO3. The summed E-state index contributed by atoms with van der Waals surface area (Å²) in [6.45, 7) is 9.77. The zero-order chi connectivity index (χ0) is 16.8. The lowest BCUT2D eigenvalue weighted by Crippen LogP contribution is -2.35. The molecule has 0 aliphatic heterocycles. The first-order valence-corrected chi connectivity index (χ1v) is 7.73. The monoisotopic (exact) mass is 305 g/mol. The molecule has 4 nitrogen and oxygen atoms in total. The normalized spacial score (nSPS) is 12.8. The molecule has 1 rings (SSSR count). The lowest BCUT2D eigenvalue weighted by molar-refractivity contribution is -0.108. The minimum Gasteiger partial charge on any atom is -0.444 e. The van der Waals surface area contributed by atoms with Crippen molar-refractivity contribution >= 4 is 12.4 Å². The maximum atomic E-state index is 11.9. The number of amides is 1. The van der Waals surface area contributed by atoms with Crippen LogP contribution in [0.1, 0.15) is 58.2 Å². The Hall–Kier alpha value is -1.84. The van der Waals surface area contributed by atoms with E-state index < -0.39 is 11.7 Å². The van der Waals surface area contributed by atoms with E-state index in [0.717, 1.165) is 18.3 Å². The fraction of sp³-hybridized carbons (Fsp3) is 0.556. The van der Waals surface area contributed by atoms with Gasteiger partial charge in [-0.25, -0.2) is 4.79 Å². The Balaban J connectivity index is 2.77. The van der Waals surface area contributed by atoms with Crippen LogP contribution in [-0.4, -0.2) is 18.0 Å². The molecule has 1 N–H and O–H groups in total. The Morgan fingerprint density at radius 1 is 1.23 bits per heavy atom. The quantitative estimate of drug-likeness (QED) is 0.807. The van der Waals surface area contributed by atoms with Gasteiger partial charge in [0.1, 0.15) is 11.9 Å². The Bertz CT molecular complexity index is 486. The van der Waals surface area contributed by atoms with Crippen molar-refractivity contribution in [2.45, 2.75) is 59.1 Å². The molecule has 0 bridgehead atoms. The first-order valence-electron chi connectivity index (χ1n) is 7.73. The maximum absolute atomic E-state index is 11.9. The molecule has 0 saturated carbocycles. The second-order valence-electron chi connectivity index (χ2n) is 6.94. The van der Waals surface area contributed by atoms with Crippen LogP contribution < -0.4 is 5.32 Å². The van der Waals surface area contributed by atoms with Gasteiger partial charge in [-0.3, -0.25) is 0 Å². The van der Waals surface area contributed by atoms with Crippen molar-refractivity contribution in [3.63, 3.8) is 0 Å². The van der Waals surface area contributed by atoms with E-state index in [1.807, 2.05) is 45.0 Å². The number of hydrogen-bond donors (Lipinski definition) is 1. The smallest absolute Gasteiger partial charge is 0.408 e. The van der Waals surface area contributed by atoms with Crippen LogP contribution in [0.15, 0.2) is 24.3 Å². The Morgan fingerprint density at radius 2 is 1.82 bits per heavy atom. The van der Waals surface area contributed by atoms with Crippen LogP contribution in [-0.2, 0) is 16.0 Å². The Labute approximate surface area is 133 Å². The summed E-state index contributed by atoms with van der Waals surface area (Å²) in [5.74, 6) is 0.594. The molecular weight excluding hydrogens is 278 g/mol. The van der Waals surface area contributed by atoms with E-state index in [2.05, 4.69) is 19.2 Å². The van der Waals surface area contributed by atoms with Crippen molar-refractivity contribution in [2.75, 3.05) is 0 Å². The molecule has 0 aliphatic rings. The van der Waals surface area contributed by atoms with Gasteiger partial charge in [-0.05, 0) is 44.2 Å². The predicted molar refractivity (Wildman–Crippen MR) is 87.8 cm³/mol. The lowest BCUT2D eigenvalue weighted by Gasteiger charge is -2.23. The number of hydrogen-bond acceptors (Lipinski definition) is 3. The summed E-state index contributed by atoms with van der Waals surface area (Å²) in [5, 5.41) is 2.76. The van der Waals surface area contributed by atoms with Gasteiger partial charge in [-0.1, -0.05) is 38.1 Å². The number of alkyl carbamates (subject to hydrolysis) is 1. The molecule has 0 radical (unpaired) electrons. The first kappa shape index (κ1) is 18.2. The van der Waals surface area contributed by atoms with Gasteiger partial charge in [0.2, 0.25) is 0 Å². The number of ether oxygens (including phenoxy) is 1. The zero-order valence-electron chi connectivity index (χ0n) is 14.2. The molecule has 4 heteroatoms. The predicted octanol–water partition coefficient (Wildman–Crippen LogP) is 4.04. The highest BCUT2D eigenvalue weighted by Gasteiger charge is 2.20. The molecule has 0 spiro atoms. The van der Waals surface area contributed by atoms with Gasteiger partial charge in [-0.2, -0.15) is 0 Å². The number of carbonyl (C=O) groups is 2. The van der Waals surface area contributed by atoms with Crippen molar-refractivity contribution in [1.82, 2.24) is 5.32 Å². The molecule has 0 fully saturated rings. The van der Waals surface area contributed by atoms with E-state index in [9.17, 15) is 9.59 Å². The second kappa shape index (κ2) is 7.97. The average Bonchev–Trinajstić information content (AvgIpc) is 2.36. The molecule has 1 aromatic carbocycles. The van der Waals surface area contributed by atoms with Crippen molar-refractivity contribution in [3.05, 3.63) is 35.4 Å². The van der Waals surface area contributed by atoms with E-state index in [1.165, 1.54) is 5.56 Å². The van der Waals surface area contributed by atoms with Gasteiger partial charge in [-0.15, -0.1) is 0 Å². The fourth-order valence-electron chi connectivity index (χ4n) is 2.18. The first-order chi connectivity index (χ1) is 10.2. The third kappa shape index (κ3) is 6.74. The van der Waals surface area contributed by atoms with Crippen LogP contribution in [0, 0.1) is 5.92 Å². The summed E-state index contributed by atoms with van der Waals surface area (Å²) in [7, 11) is 0. The third-order valence-electron chi connectivity index (χ3n) is 3.05. The molecule has 1 aromatic rings. The number of benzene rings is 1. The van der Waals surface area contributed by atoms with Gasteiger partial charge in [0, 0.05) is 6.42 Å². The van der Waals surface area contributed by atoms with Crippen LogP contribution in [0.4, 0.5) is 4.79 Å². The van der Waals surface area contributed by atoms with Gasteiger partial charge in [0.15, 0.2) is 0 Å². The lowest BCUT2D eigenvalue weighted by atomic mass is 9.98. The van der Waals surface area contributed by atoms with Gasteiger partial charge in [0.25, 0.3) is 0 Å². The third-order valence-corrected chi connectivity index (χ3v) is 3.05. The van der Waals surface area contributed by atoms with Crippen molar-refractivity contribution in [2.24, 2.45) is 5.92 Å². The highest BCUT2D eigenvalue weighted by molar-refractivity contribution is 5.69. The van der Waals surface area contributed by atoms with E-state index in [-0.39, 0.29) is 12.5 Å².